The van der Waals surface area contributed by atoms with E-state index >= 15 is 0 Å². The monoisotopic (exact) mass is 229 g/mol. The predicted octanol–water partition coefficient (Wildman–Crippen LogP) is 1.82. The zero-order chi connectivity index (χ0) is 11.3. The molecule has 0 unspecified atom stereocenters. The van der Waals surface area contributed by atoms with Crippen LogP contribution in [0.5, 0.6) is 0 Å². The van der Waals surface area contributed by atoms with Crippen LogP contribution in [-0.2, 0) is 15.9 Å². The Hall–Kier alpha value is -0.940. The summed E-state index contributed by atoms with van der Waals surface area (Å²) in [5.41, 5.74) is 0.438. The van der Waals surface area contributed by atoms with Crippen LogP contribution in [0.15, 0.2) is 0 Å². The number of esters is 1. The SMILES string of the molecule is CCOC(=O)c1nc(CCOC)sc1C. The number of hydrogen-bond acceptors (Lipinski definition) is 5. The zero-order valence-electron chi connectivity index (χ0n) is 9.20. The molecule has 1 heterocycles. The highest BCUT2D eigenvalue weighted by Crippen LogP contribution is 2.18. The van der Waals surface area contributed by atoms with E-state index in [1.165, 1.54) is 11.3 Å². The minimum Gasteiger partial charge on any atom is -0.461 e. The highest BCUT2D eigenvalue weighted by Gasteiger charge is 2.15. The van der Waals surface area contributed by atoms with Crippen LogP contribution < -0.4 is 0 Å². The first kappa shape index (κ1) is 12.1. The molecule has 0 aliphatic heterocycles. The predicted molar refractivity (Wildman–Crippen MR) is 58.4 cm³/mol. The van der Waals surface area contributed by atoms with Gasteiger partial charge >= 0.3 is 5.97 Å². The topological polar surface area (TPSA) is 48.4 Å². The van der Waals surface area contributed by atoms with E-state index in [1.807, 2.05) is 6.92 Å². The van der Waals surface area contributed by atoms with Crippen LogP contribution in [0.4, 0.5) is 0 Å². The summed E-state index contributed by atoms with van der Waals surface area (Å²) in [6, 6.07) is 0. The van der Waals surface area contributed by atoms with Crippen LogP contribution in [0.3, 0.4) is 0 Å². The molecule has 0 spiro atoms. The Bertz CT molecular complexity index is 335. The number of rotatable bonds is 5. The molecule has 15 heavy (non-hydrogen) atoms. The lowest BCUT2D eigenvalue weighted by molar-refractivity contribution is 0.0519. The number of methoxy groups -OCH3 is 1. The number of hydrogen-bond donors (Lipinski definition) is 0. The second-order valence-electron chi connectivity index (χ2n) is 2.98. The third-order valence-electron chi connectivity index (χ3n) is 1.83. The number of thiazole rings is 1. The van der Waals surface area contributed by atoms with Crippen LogP contribution in [0, 0.1) is 6.92 Å². The van der Waals surface area contributed by atoms with E-state index in [2.05, 4.69) is 4.98 Å². The smallest absolute Gasteiger partial charge is 0.358 e. The number of nitrogens with zero attached hydrogens (tertiary/aromatic N) is 1. The maximum atomic E-state index is 11.4. The standard InChI is InChI=1S/C10H15NO3S/c1-4-14-10(12)9-7(2)15-8(11-9)5-6-13-3/h4-6H2,1-3H3. The Balaban J connectivity index is 2.72. The van der Waals surface area contributed by atoms with Crippen molar-refractivity contribution < 1.29 is 14.3 Å². The van der Waals surface area contributed by atoms with Crippen molar-refractivity contribution in [2.45, 2.75) is 20.3 Å². The van der Waals surface area contributed by atoms with Crippen LogP contribution >= 0.6 is 11.3 Å². The highest BCUT2D eigenvalue weighted by molar-refractivity contribution is 7.11. The number of ether oxygens (including phenoxy) is 2. The Morgan fingerprint density at radius 3 is 2.87 bits per heavy atom. The molecule has 84 valence electrons. The fraction of sp³-hybridized carbons (Fsp3) is 0.600. The summed E-state index contributed by atoms with van der Waals surface area (Å²) in [4.78, 5) is 16.6. The average molecular weight is 229 g/mol. The van der Waals surface area contributed by atoms with Crippen LogP contribution in [0.1, 0.15) is 27.3 Å². The first-order chi connectivity index (χ1) is 7.19. The van der Waals surface area contributed by atoms with Crippen molar-refractivity contribution in [1.82, 2.24) is 4.98 Å². The van der Waals surface area contributed by atoms with Crippen molar-refractivity contribution in [3.05, 3.63) is 15.6 Å². The molecule has 4 nitrogen and oxygen atoms in total. The zero-order valence-corrected chi connectivity index (χ0v) is 10.0. The molecule has 1 rings (SSSR count). The molecule has 0 saturated carbocycles. The van der Waals surface area contributed by atoms with Gasteiger partial charge in [0.2, 0.25) is 0 Å². The van der Waals surface area contributed by atoms with E-state index in [0.29, 0.717) is 18.9 Å². The van der Waals surface area contributed by atoms with Crippen molar-refractivity contribution >= 4 is 17.3 Å². The summed E-state index contributed by atoms with van der Waals surface area (Å²) >= 11 is 1.52. The molecule has 0 aliphatic carbocycles. The molecular weight excluding hydrogens is 214 g/mol. The summed E-state index contributed by atoms with van der Waals surface area (Å²) in [6.45, 7) is 4.66. The maximum absolute atomic E-state index is 11.4. The minimum atomic E-state index is -0.338. The molecule has 5 heteroatoms. The van der Waals surface area contributed by atoms with E-state index < -0.39 is 0 Å². The van der Waals surface area contributed by atoms with Crippen molar-refractivity contribution in [3.63, 3.8) is 0 Å². The molecule has 0 saturated heterocycles. The van der Waals surface area contributed by atoms with Crippen LogP contribution in [-0.4, -0.2) is 31.3 Å². The molecule has 0 fully saturated rings. The fourth-order valence-corrected chi connectivity index (χ4v) is 2.04. The van der Waals surface area contributed by atoms with Gasteiger partial charge in [0.1, 0.15) is 0 Å². The second-order valence-corrected chi connectivity index (χ2v) is 4.26. The molecule has 1 aromatic heterocycles. The third-order valence-corrected chi connectivity index (χ3v) is 2.86. The molecular formula is C10H15NO3S. The van der Waals surface area contributed by atoms with Gasteiger partial charge in [-0.1, -0.05) is 0 Å². The quantitative estimate of drug-likeness (QED) is 0.723. The Kier molecular flexibility index (Phi) is 4.71. The van der Waals surface area contributed by atoms with Gasteiger partial charge in [-0.2, -0.15) is 0 Å². The van der Waals surface area contributed by atoms with E-state index in [0.717, 1.165) is 16.3 Å². The summed E-state index contributed by atoms with van der Waals surface area (Å²) in [6.07, 6.45) is 0.738. The first-order valence-electron chi connectivity index (χ1n) is 4.81. The lowest BCUT2D eigenvalue weighted by Gasteiger charge is -1.97. The van der Waals surface area contributed by atoms with Gasteiger partial charge in [0.25, 0.3) is 0 Å². The van der Waals surface area contributed by atoms with E-state index in [-0.39, 0.29) is 5.97 Å². The number of aromatic nitrogens is 1. The summed E-state index contributed by atoms with van der Waals surface area (Å²) in [5.74, 6) is -0.338. The summed E-state index contributed by atoms with van der Waals surface area (Å²) < 4.78 is 9.85. The largest absolute Gasteiger partial charge is 0.461 e. The summed E-state index contributed by atoms with van der Waals surface area (Å²) in [7, 11) is 1.65. The highest BCUT2D eigenvalue weighted by atomic mass is 32.1. The van der Waals surface area contributed by atoms with Gasteiger partial charge in [0, 0.05) is 18.4 Å². The molecule has 0 amide bonds. The fourth-order valence-electron chi connectivity index (χ4n) is 1.14. The minimum absolute atomic E-state index is 0.338. The Labute approximate surface area is 93.2 Å². The van der Waals surface area contributed by atoms with Gasteiger partial charge in [-0.3, -0.25) is 0 Å². The summed E-state index contributed by atoms with van der Waals surface area (Å²) in [5, 5.41) is 0.914. The first-order valence-corrected chi connectivity index (χ1v) is 5.63. The van der Waals surface area contributed by atoms with Crippen LogP contribution in [0.2, 0.25) is 0 Å². The lowest BCUT2D eigenvalue weighted by atomic mass is 10.4. The molecule has 0 N–H and O–H groups in total. The number of carbonyl (C=O) groups excluding carboxylic acids is 1. The molecule has 0 aliphatic rings. The lowest BCUT2D eigenvalue weighted by Crippen LogP contribution is -2.06. The molecule has 1 aromatic rings. The van der Waals surface area contributed by atoms with Crippen molar-refractivity contribution in [3.8, 4) is 0 Å². The van der Waals surface area contributed by atoms with Crippen LogP contribution in [0.25, 0.3) is 0 Å². The van der Waals surface area contributed by atoms with Crippen molar-refractivity contribution in [1.29, 1.82) is 0 Å². The van der Waals surface area contributed by atoms with Crippen molar-refractivity contribution in [2.75, 3.05) is 20.3 Å². The van der Waals surface area contributed by atoms with E-state index in [9.17, 15) is 4.79 Å². The molecule has 0 aromatic carbocycles. The van der Waals surface area contributed by atoms with Gasteiger partial charge in [-0.05, 0) is 13.8 Å². The maximum Gasteiger partial charge on any atom is 0.358 e. The number of aryl methyl sites for hydroxylation is 1. The van der Waals surface area contributed by atoms with Gasteiger partial charge in [0.05, 0.1) is 18.2 Å². The molecule has 0 bridgehead atoms. The van der Waals surface area contributed by atoms with E-state index in [1.54, 1.807) is 14.0 Å². The van der Waals surface area contributed by atoms with Crippen molar-refractivity contribution in [2.24, 2.45) is 0 Å². The molecule has 0 atom stereocenters. The Morgan fingerprint density at radius 1 is 1.53 bits per heavy atom. The normalized spacial score (nSPS) is 10.3. The second kappa shape index (κ2) is 5.82. The average Bonchev–Trinajstić information content (AvgIpc) is 2.57. The molecule has 0 radical (unpaired) electrons. The Morgan fingerprint density at radius 2 is 2.27 bits per heavy atom. The van der Waals surface area contributed by atoms with Gasteiger partial charge in [-0.15, -0.1) is 11.3 Å². The van der Waals surface area contributed by atoms with E-state index in [4.69, 9.17) is 9.47 Å². The number of carbonyl (C=O) groups is 1. The third kappa shape index (κ3) is 3.28. The van der Waals surface area contributed by atoms with Gasteiger partial charge in [0.15, 0.2) is 5.69 Å². The van der Waals surface area contributed by atoms with Gasteiger partial charge < -0.3 is 9.47 Å². The van der Waals surface area contributed by atoms with Gasteiger partial charge in [-0.25, -0.2) is 9.78 Å².